The summed E-state index contributed by atoms with van der Waals surface area (Å²) in [6.07, 6.45) is 0. The van der Waals surface area contributed by atoms with Gasteiger partial charge in [0, 0.05) is 21.7 Å². The van der Waals surface area contributed by atoms with Crippen LogP contribution in [0.2, 0.25) is 5.02 Å². The summed E-state index contributed by atoms with van der Waals surface area (Å²) < 4.78 is 13.2. The Morgan fingerprint density at radius 3 is 2.79 bits per heavy atom. The molecule has 1 unspecified atom stereocenters. The quantitative estimate of drug-likeness (QED) is 0.821. The van der Waals surface area contributed by atoms with E-state index >= 15 is 0 Å². The number of benzene rings is 2. The van der Waals surface area contributed by atoms with Crippen molar-refractivity contribution in [3.8, 4) is 0 Å². The zero-order valence-corrected chi connectivity index (χ0v) is 12.1. The largest absolute Gasteiger partial charge is 0.324 e. The fourth-order valence-corrected chi connectivity index (χ4v) is 2.92. The molecule has 2 aromatic carbocycles. The van der Waals surface area contributed by atoms with Crippen LogP contribution in [0.5, 0.6) is 0 Å². The molecule has 2 aromatic rings. The van der Waals surface area contributed by atoms with Gasteiger partial charge in [0.1, 0.15) is 5.82 Å². The predicted octanol–water partition coefficient (Wildman–Crippen LogP) is 4.79. The van der Waals surface area contributed by atoms with Crippen LogP contribution in [-0.4, -0.2) is 0 Å². The zero-order chi connectivity index (χ0) is 13.8. The molecule has 0 bridgehead atoms. The first kappa shape index (κ1) is 14.4. The summed E-state index contributed by atoms with van der Waals surface area (Å²) in [7, 11) is 0. The maximum atomic E-state index is 13.2. The van der Waals surface area contributed by atoms with Gasteiger partial charge >= 0.3 is 0 Å². The first-order valence-corrected chi connectivity index (χ1v) is 7.35. The molecule has 0 saturated heterocycles. The van der Waals surface area contributed by atoms with Crippen molar-refractivity contribution in [3.05, 3.63) is 64.4 Å². The van der Waals surface area contributed by atoms with E-state index in [0.29, 0.717) is 10.8 Å². The summed E-state index contributed by atoms with van der Waals surface area (Å²) in [4.78, 5) is 1.11. The maximum Gasteiger partial charge on any atom is 0.123 e. The van der Waals surface area contributed by atoms with E-state index in [-0.39, 0.29) is 11.9 Å². The van der Waals surface area contributed by atoms with Gasteiger partial charge in [-0.25, -0.2) is 4.39 Å². The van der Waals surface area contributed by atoms with Crippen molar-refractivity contribution < 1.29 is 4.39 Å². The van der Waals surface area contributed by atoms with Crippen LogP contribution in [-0.2, 0) is 5.75 Å². The van der Waals surface area contributed by atoms with Gasteiger partial charge in [-0.1, -0.05) is 23.7 Å². The Kier molecular flexibility index (Phi) is 4.86. The Hall–Kier alpha value is -1.03. The lowest BCUT2D eigenvalue weighted by Crippen LogP contribution is -2.04. The van der Waals surface area contributed by atoms with Crippen LogP contribution < -0.4 is 5.73 Å². The minimum atomic E-state index is -0.260. The first-order valence-electron chi connectivity index (χ1n) is 5.98. The first-order chi connectivity index (χ1) is 9.06. The van der Waals surface area contributed by atoms with Crippen LogP contribution in [0.1, 0.15) is 24.1 Å². The lowest BCUT2D eigenvalue weighted by Gasteiger charge is -2.08. The summed E-state index contributed by atoms with van der Waals surface area (Å²) in [5.74, 6) is 0.378. The van der Waals surface area contributed by atoms with Crippen LogP contribution in [0.3, 0.4) is 0 Å². The van der Waals surface area contributed by atoms with Crippen LogP contribution in [0.4, 0.5) is 4.39 Å². The van der Waals surface area contributed by atoms with Crippen molar-refractivity contribution in [2.75, 3.05) is 0 Å². The van der Waals surface area contributed by atoms with Gasteiger partial charge in [-0.15, -0.1) is 11.8 Å². The van der Waals surface area contributed by atoms with E-state index < -0.39 is 0 Å². The number of hydrogen-bond donors (Lipinski definition) is 1. The Labute approximate surface area is 122 Å². The van der Waals surface area contributed by atoms with Gasteiger partial charge in [-0.2, -0.15) is 0 Å². The predicted molar refractivity (Wildman–Crippen MR) is 80.0 cm³/mol. The molecule has 0 amide bonds. The van der Waals surface area contributed by atoms with E-state index in [2.05, 4.69) is 6.07 Å². The summed E-state index contributed by atoms with van der Waals surface area (Å²) in [5, 5.41) is 0.595. The molecule has 0 spiro atoms. The molecule has 1 atom stereocenters. The molecule has 2 N–H and O–H groups in total. The molecule has 0 saturated carbocycles. The fourth-order valence-electron chi connectivity index (χ4n) is 1.70. The Morgan fingerprint density at radius 2 is 2.05 bits per heavy atom. The van der Waals surface area contributed by atoms with Gasteiger partial charge in [-0.05, 0) is 48.4 Å². The average molecular weight is 296 g/mol. The average Bonchev–Trinajstić information content (AvgIpc) is 2.40. The molecule has 19 heavy (non-hydrogen) atoms. The third kappa shape index (κ3) is 3.96. The van der Waals surface area contributed by atoms with Crippen molar-refractivity contribution in [2.45, 2.75) is 23.6 Å². The number of rotatable bonds is 4. The molecule has 100 valence electrons. The second kappa shape index (κ2) is 6.42. The molecular weight excluding hydrogens is 281 g/mol. The highest BCUT2D eigenvalue weighted by Gasteiger charge is 2.05. The minimum absolute atomic E-state index is 0.0123. The van der Waals surface area contributed by atoms with Gasteiger partial charge in [0.15, 0.2) is 0 Å². The van der Waals surface area contributed by atoms with Crippen LogP contribution in [0, 0.1) is 5.82 Å². The smallest absolute Gasteiger partial charge is 0.123 e. The van der Waals surface area contributed by atoms with Gasteiger partial charge in [0.25, 0.3) is 0 Å². The van der Waals surface area contributed by atoms with E-state index in [9.17, 15) is 4.39 Å². The van der Waals surface area contributed by atoms with Crippen molar-refractivity contribution >= 4 is 23.4 Å². The fraction of sp³-hybridized carbons (Fsp3) is 0.200. The summed E-state index contributed by atoms with van der Waals surface area (Å²) in [5.41, 5.74) is 7.75. The number of halogens is 2. The van der Waals surface area contributed by atoms with Gasteiger partial charge < -0.3 is 5.73 Å². The molecule has 2 rings (SSSR count). The SMILES string of the molecule is CC(N)c1cccc(SCc2cc(F)ccc2Cl)c1. The molecule has 0 aliphatic heterocycles. The minimum Gasteiger partial charge on any atom is -0.324 e. The summed E-state index contributed by atoms with van der Waals surface area (Å²) in [6.45, 7) is 1.95. The van der Waals surface area contributed by atoms with E-state index in [4.69, 9.17) is 17.3 Å². The van der Waals surface area contributed by atoms with Gasteiger partial charge in [0.05, 0.1) is 0 Å². The number of hydrogen-bond acceptors (Lipinski definition) is 2. The van der Waals surface area contributed by atoms with Crippen LogP contribution >= 0.6 is 23.4 Å². The molecule has 0 aromatic heterocycles. The molecule has 1 nitrogen and oxygen atoms in total. The molecule has 0 radical (unpaired) electrons. The highest BCUT2D eigenvalue weighted by Crippen LogP contribution is 2.28. The van der Waals surface area contributed by atoms with Gasteiger partial charge in [0.2, 0.25) is 0 Å². The molecule has 0 aliphatic rings. The van der Waals surface area contributed by atoms with Gasteiger partial charge in [-0.3, -0.25) is 0 Å². The normalized spacial score (nSPS) is 12.4. The monoisotopic (exact) mass is 295 g/mol. The second-order valence-electron chi connectivity index (χ2n) is 4.39. The van der Waals surface area contributed by atoms with Crippen molar-refractivity contribution in [1.82, 2.24) is 0 Å². The summed E-state index contributed by atoms with van der Waals surface area (Å²) in [6, 6.07) is 12.5. The highest BCUT2D eigenvalue weighted by atomic mass is 35.5. The number of nitrogens with two attached hydrogens (primary N) is 1. The third-order valence-corrected chi connectivity index (χ3v) is 4.20. The Morgan fingerprint density at radius 1 is 1.26 bits per heavy atom. The standard InChI is InChI=1S/C15H15ClFNS/c1-10(18)11-3-2-4-14(8-11)19-9-12-7-13(17)5-6-15(12)16/h2-8,10H,9,18H2,1H3. The third-order valence-electron chi connectivity index (χ3n) is 2.79. The molecule has 4 heteroatoms. The van der Waals surface area contributed by atoms with Crippen molar-refractivity contribution in [2.24, 2.45) is 5.73 Å². The zero-order valence-electron chi connectivity index (χ0n) is 10.6. The summed E-state index contributed by atoms with van der Waals surface area (Å²) >= 11 is 7.67. The lowest BCUT2D eigenvalue weighted by atomic mass is 10.1. The van der Waals surface area contributed by atoms with E-state index in [0.717, 1.165) is 16.0 Å². The topological polar surface area (TPSA) is 26.0 Å². The van der Waals surface area contributed by atoms with Crippen molar-refractivity contribution in [1.29, 1.82) is 0 Å². The van der Waals surface area contributed by atoms with E-state index in [1.807, 2.05) is 25.1 Å². The van der Waals surface area contributed by atoms with E-state index in [1.54, 1.807) is 17.8 Å². The molecule has 0 fully saturated rings. The van der Waals surface area contributed by atoms with Crippen LogP contribution in [0.25, 0.3) is 0 Å². The highest BCUT2D eigenvalue weighted by molar-refractivity contribution is 7.98. The maximum absolute atomic E-state index is 13.2. The Bertz CT molecular complexity index is 572. The van der Waals surface area contributed by atoms with E-state index in [1.165, 1.54) is 12.1 Å². The second-order valence-corrected chi connectivity index (χ2v) is 5.84. The number of thioether (sulfide) groups is 1. The molecule has 0 aliphatic carbocycles. The lowest BCUT2D eigenvalue weighted by molar-refractivity contribution is 0.626. The Balaban J connectivity index is 2.10. The molecular formula is C15H15ClFNS. The van der Waals surface area contributed by atoms with Crippen LogP contribution in [0.15, 0.2) is 47.4 Å². The van der Waals surface area contributed by atoms with Crippen molar-refractivity contribution in [3.63, 3.8) is 0 Å². The molecule has 0 heterocycles.